The number of ether oxygens (including phenoxy) is 1. The third-order valence-electron chi connectivity index (χ3n) is 3.88. The fourth-order valence-corrected chi connectivity index (χ4v) is 2.78. The normalized spacial score (nSPS) is 27.8. The predicted octanol–water partition coefficient (Wildman–Crippen LogP) is 1.13. The van der Waals surface area contributed by atoms with E-state index in [9.17, 15) is 4.79 Å². The monoisotopic (exact) mass is 268 g/mol. The Balaban J connectivity index is 1.69. The molecule has 108 valence electrons. The first-order valence-electron chi connectivity index (χ1n) is 7.19. The van der Waals surface area contributed by atoms with Crippen LogP contribution in [0.15, 0.2) is 12.2 Å². The van der Waals surface area contributed by atoms with Gasteiger partial charge in [0.1, 0.15) is 0 Å². The Hall–Kier alpha value is -1.07. The van der Waals surface area contributed by atoms with Gasteiger partial charge >= 0.3 is 6.09 Å². The first kappa shape index (κ1) is 14.3. The van der Waals surface area contributed by atoms with Gasteiger partial charge in [0.2, 0.25) is 0 Å². The SMILES string of the molecule is CCOC(=O)N1CCC(N[C@@H]2C=C[C@H](CO)C2)CC1. The minimum Gasteiger partial charge on any atom is -0.450 e. The highest BCUT2D eigenvalue weighted by atomic mass is 16.6. The van der Waals surface area contributed by atoms with Gasteiger partial charge in [0.25, 0.3) is 0 Å². The number of nitrogens with zero attached hydrogens (tertiary/aromatic N) is 1. The first-order chi connectivity index (χ1) is 9.22. The van der Waals surface area contributed by atoms with E-state index in [-0.39, 0.29) is 12.7 Å². The minimum absolute atomic E-state index is 0.193. The lowest BCUT2D eigenvalue weighted by Gasteiger charge is -2.33. The maximum atomic E-state index is 11.6. The average molecular weight is 268 g/mol. The summed E-state index contributed by atoms with van der Waals surface area (Å²) in [5, 5.41) is 12.7. The van der Waals surface area contributed by atoms with Crippen LogP contribution >= 0.6 is 0 Å². The maximum Gasteiger partial charge on any atom is 0.409 e. The summed E-state index contributed by atoms with van der Waals surface area (Å²) in [6.45, 7) is 4.02. The molecule has 0 aromatic rings. The lowest BCUT2D eigenvalue weighted by Crippen LogP contribution is -2.47. The second-order valence-corrected chi connectivity index (χ2v) is 5.30. The Bertz CT molecular complexity index is 325. The quantitative estimate of drug-likeness (QED) is 0.750. The van der Waals surface area contributed by atoms with Crippen molar-refractivity contribution in [3.05, 3.63) is 12.2 Å². The van der Waals surface area contributed by atoms with Gasteiger partial charge in [0, 0.05) is 37.7 Å². The molecule has 0 unspecified atom stereocenters. The zero-order valence-electron chi connectivity index (χ0n) is 11.5. The van der Waals surface area contributed by atoms with E-state index in [1.54, 1.807) is 4.90 Å². The number of aliphatic hydroxyl groups excluding tert-OH is 1. The zero-order chi connectivity index (χ0) is 13.7. The molecule has 2 rings (SSSR count). The molecule has 1 saturated heterocycles. The molecule has 1 heterocycles. The van der Waals surface area contributed by atoms with Crippen molar-refractivity contribution >= 4 is 6.09 Å². The number of nitrogens with one attached hydrogen (secondary N) is 1. The summed E-state index contributed by atoms with van der Waals surface area (Å²) in [5.74, 6) is 0.303. The van der Waals surface area contributed by atoms with Crippen molar-refractivity contribution in [1.82, 2.24) is 10.2 Å². The molecule has 19 heavy (non-hydrogen) atoms. The van der Waals surface area contributed by atoms with Gasteiger partial charge in [0.05, 0.1) is 6.61 Å². The first-order valence-corrected chi connectivity index (χ1v) is 7.19. The van der Waals surface area contributed by atoms with E-state index in [0.717, 1.165) is 32.4 Å². The molecular weight excluding hydrogens is 244 g/mol. The molecule has 2 atom stereocenters. The Kier molecular flexibility index (Phi) is 5.22. The Morgan fingerprint density at radius 3 is 2.74 bits per heavy atom. The Morgan fingerprint density at radius 2 is 2.16 bits per heavy atom. The fourth-order valence-electron chi connectivity index (χ4n) is 2.78. The summed E-state index contributed by atoms with van der Waals surface area (Å²) in [4.78, 5) is 13.4. The number of carbonyl (C=O) groups is 1. The number of amides is 1. The van der Waals surface area contributed by atoms with Crippen molar-refractivity contribution in [2.24, 2.45) is 5.92 Å². The molecule has 2 N–H and O–H groups in total. The highest BCUT2D eigenvalue weighted by Gasteiger charge is 2.26. The Labute approximate surface area is 114 Å². The molecule has 1 amide bonds. The van der Waals surface area contributed by atoms with Crippen LogP contribution in [-0.4, -0.2) is 54.5 Å². The molecule has 0 radical (unpaired) electrons. The number of rotatable bonds is 4. The summed E-state index contributed by atoms with van der Waals surface area (Å²) < 4.78 is 5.01. The summed E-state index contributed by atoms with van der Waals surface area (Å²) in [7, 11) is 0. The lowest BCUT2D eigenvalue weighted by atomic mass is 10.0. The average Bonchev–Trinajstić information content (AvgIpc) is 2.87. The van der Waals surface area contributed by atoms with Gasteiger partial charge in [0.15, 0.2) is 0 Å². The fraction of sp³-hybridized carbons (Fsp3) is 0.786. The van der Waals surface area contributed by atoms with E-state index < -0.39 is 0 Å². The number of aliphatic hydroxyl groups is 1. The van der Waals surface area contributed by atoms with Crippen LogP contribution in [0.2, 0.25) is 0 Å². The maximum absolute atomic E-state index is 11.6. The summed E-state index contributed by atoms with van der Waals surface area (Å²) in [5.41, 5.74) is 0. The van der Waals surface area contributed by atoms with Crippen LogP contribution in [-0.2, 0) is 4.74 Å². The van der Waals surface area contributed by atoms with Crippen molar-refractivity contribution in [1.29, 1.82) is 0 Å². The lowest BCUT2D eigenvalue weighted by molar-refractivity contribution is 0.0944. The number of hydrogen-bond donors (Lipinski definition) is 2. The van der Waals surface area contributed by atoms with Crippen LogP contribution in [0.3, 0.4) is 0 Å². The molecule has 0 saturated carbocycles. The summed E-state index contributed by atoms with van der Waals surface area (Å²) in [6.07, 6.45) is 6.96. The van der Waals surface area contributed by atoms with E-state index in [1.807, 2.05) is 6.92 Å². The standard InChI is InChI=1S/C14H24N2O3/c1-2-19-14(18)16-7-5-12(6-8-16)15-13-4-3-11(9-13)10-17/h3-4,11-13,15,17H,2,5-10H2,1H3/t11-,13+/m0/s1. The number of likely N-dealkylation sites (tertiary alicyclic amines) is 1. The molecule has 5 heteroatoms. The van der Waals surface area contributed by atoms with Crippen molar-refractivity contribution in [2.75, 3.05) is 26.3 Å². The molecule has 0 bridgehead atoms. The second kappa shape index (κ2) is 6.91. The highest BCUT2D eigenvalue weighted by molar-refractivity contribution is 5.67. The molecule has 1 aliphatic heterocycles. The highest BCUT2D eigenvalue weighted by Crippen LogP contribution is 2.20. The van der Waals surface area contributed by atoms with E-state index in [4.69, 9.17) is 9.84 Å². The van der Waals surface area contributed by atoms with E-state index >= 15 is 0 Å². The van der Waals surface area contributed by atoms with Gasteiger partial charge in [-0.25, -0.2) is 4.79 Å². The van der Waals surface area contributed by atoms with Crippen molar-refractivity contribution in [3.8, 4) is 0 Å². The molecule has 0 aromatic heterocycles. The van der Waals surface area contributed by atoms with Crippen LogP contribution in [0.25, 0.3) is 0 Å². The summed E-state index contributed by atoms with van der Waals surface area (Å²) in [6, 6.07) is 0.828. The van der Waals surface area contributed by atoms with E-state index in [0.29, 0.717) is 24.6 Å². The molecule has 0 spiro atoms. The third-order valence-corrected chi connectivity index (χ3v) is 3.88. The van der Waals surface area contributed by atoms with E-state index in [2.05, 4.69) is 17.5 Å². The molecule has 1 fully saturated rings. The van der Waals surface area contributed by atoms with Crippen LogP contribution in [0.1, 0.15) is 26.2 Å². The van der Waals surface area contributed by atoms with Gasteiger partial charge in [-0.15, -0.1) is 0 Å². The topological polar surface area (TPSA) is 61.8 Å². The smallest absolute Gasteiger partial charge is 0.409 e. The van der Waals surface area contributed by atoms with Crippen molar-refractivity contribution in [2.45, 2.75) is 38.3 Å². The van der Waals surface area contributed by atoms with Crippen LogP contribution in [0.5, 0.6) is 0 Å². The number of hydrogen-bond acceptors (Lipinski definition) is 4. The molecule has 5 nitrogen and oxygen atoms in total. The third kappa shape index (κ3) is 3.94. The van der Waals surface area contributed by atoms with Crippen LogP contribution < -0.4 is 5.32 Å². The number of carbonyl (C=O) groups excluding carboxylic acids is 1. The number of piperidine rings is 1. The minimum atomic E-state index is -0.193. The van der Waals surface area contributed by atoms with Crippen molar-refractivity contribution in [3.63, 3.8) is 0 Å². The van der Waals surface area contributed by atoms with Gasteiger partial charge < -0.3 is 20.1 Å². The second-order valence-electron chi connectivity index (χ2n) is 5.30. The molecule has 1 aliphatic carbocycles. The van der Waals surface area contributed by atoms with Crippen LogP contribution in [0.4, 0.5) is 4.79 Å². The van der Waals surface area contributed by atoms with E-state index in [1.165, 1.54) is 0 Å². The largest absolute Gasteiger partial charge is 0.450 e. The molecular formula is C14H24N2O3. The van der Waals surface area contributed by atoms with Gasteiger partial charge in [-0.05, 0) is 26.2 Å². The molecule has 2 aliphatic rings. The van der Waals surface area contributed by atoms with Gasteiger partial charge in [-0.1, -0.05) is 12.2 Å². The Morgan fingerprint density at radius 1 is 1.42 bits per heavy atom. The predicted molar refractivity (Wildman–Crippen MR) is 72.9 cm³/mol. The van der Waals surface area contributed by atoms with Gasteiger partial charge in [-0.2, -0.15) is 0 Å². The van der Waals surface area contributed by atoms with Crippen molar-refractivity contribution < 1.29 is 14.6 Å². The summed E-state index contributed by atoms with van der Waals surface area (Å²) >= 11 is 0. The van der Waals surface area contributed by atoms with Gasteiger partial charge in [-0.3, -0.25) is 0 Å². The van der Waals surface area contributed by atoms with Crippen LogP contribution in [0, 0.1) is 5.92 Å². The zero-order valence-corrected chi connectivity index (χ0v) is 11.5. The molecule has 0 aromatic carbocycles.